The number of benzene rings is 1. The fraction of sp³-hybridized carbons (Fsp3) is 0.625. The summed E-state index contributed by atoms with van der Waals surface area (Å²) in [6.07, 6.45) is 1.10. The van der Waals surface area contributed by atoms with Gasteiger partial charge in [0, 0.05) is 7.11 Å². The topological polar surface area (TPSA) is 30.5 Å². The van der Waals surface area contributed by atoms with E-state index in [2.05, 4.69) is 38.2 Å². The van der Waals surface area contributed by atoms with Gasteiger partial charge in [0.05, 0.1) is 18.2 Å². The van der Waals surface area contributed by atoms with Crippen LogP contribution in [0.1, 0.15) is 45.7 Å². The fourth-order valence-corrected chi connectivity index (χ4v) is 2.09. The molecular formula is C16H27NO2. The molecule has 0 aliphatic rings. The third-order valence-electron chi connectivity index (χ3n) is 3.34. The molecule has 3 nitrogen and oxygen atoms in total. The van der Waals surface area contributed by atoms with Crippen LogP contribution in [0.25, 0.3) is 0 Å². The average molecular weight is 265 g/mol. The largest absolute Gasteiger partial charge is 0.494 e. The highest BCUT2D eigenvalue weighted by Gasteiger charge is 2.30. The molecule has 1 unspecified atom stereocenters. The van der Waals surface area contributed by atoms with Crippen molar-refractivity contribution < 1.29 is 9.47 Å². The predicted molar refractivity (Wildman–Crippen MR) is 79.7 cm³/mol. The van der Waals surface area contributed by atoms with E-state index in [0.29, 0.717) is 6.61 Å². The first-order chi connectivity index (χ1) is 9.05. The van der Waals surface area contributed by atoms with Gasteiger partial charge in [0.15, 0.2) is 0 Å². The number of nitrogens with one attached hydrogen (secondary N) is 1. The Morgan fingerprint density at radius 3 is 2.26 bits per heavy atom. The first-order valence-electron chi connectivity index (χ1n) is 7.06. The zero-order valence-electron chi connectivity index (χ0n) is 12.8. The Balaban J connectivity index is 2.90. The maximum absolute atomic E-state index is 5.64. The Morgan fingerprint density at radius 2 is 1.79 bits per heavy atom. The van der Waals surface area contributed by atoms with E-state index in [9.17, 15) is 0 Å². The van der Waals surface area contributed by atoms with Crippen molar-refractivity contribution in [3.8, 4) is 5.75 Å². The van der Waals surface area contributed by atoms with Gasteiger partial charge in [-0.2, -0.15) is 0 Å². The Morgan fingerprint density at radius 1 is 1.16 bits per heavy atom. The van der Waals surface area contributed by atoms with Gasteiger partial charge < -0.3 is 14.8 Å². The zero-order chi connectivity index (χ0) is 14.3. The number of methoxy groups -OCH3 is 1. The van der Waals surface area contributed by atoms with Crippen molar-refractivity contribution in [1.82, 2.24) is 5.32 Å². The molecule has 0 spiro atoms. The van der Waals surface area contributed by atoms with Crippen molar-refractivity contribution in [3.05, 3.63) is 29.8 Å². The SMILES string of the molecule is CCCNC(c1ccc(OCC)cc1)C(C)(C)OC. The van der Waals surface area contributed by atoms with E-state index in [1.165, 1.54) is 5.56 Å². The second kappa shape index (κ2) is 7.51. The molecule has 0 amide bonds. The lowest BCUT2D eigenvalue weighted by Crippen LogP contribution is -2.41. The lowest BCUT2D eigenvalue weighted by atomic mass is 9.91. The van der Waals surface area contributed by atoms with Crippen LogP contribution in [0.5, 0.6) is 5.75 Å². The van der Waals surface area contributed by atoms with Crippen LogP contribution in [0, 0.1) is 0 Å². The minimum absolute atomic E-state index is 0.174. The van der Waals surface area contributed by atoms with Crippen molar-refractivity contribution in [2.24, 2.45) is 0 Å². The highest BCUT2D eigenvalue weighted by Crippen LogP contribution is 2.29. The van der Waals surface area contributed by atoms with Crippen LogP contribution in [0.4, 0.5) is 0 Å². The minimum Gasteiger partial charge on any atom is -0.494 e. The highest BCUT2D eigenvalue weighted by atomic mass is 16.5. The van der Waals surface area contributed by atoms with Gasteiger partial charge in [0.1, 0.15) is 5.75 Å². The molecule has 1 N–H and O–H groups in total. The fourth-order valence-electron chi connectivity index (χ4n) is 2.09. The van der Waals surface area contributed by atoms with E-state index >= 15 is 0 Å². The summed E-state index contributed by atoms with van der Waals surface area (Å²) in [7, 11) is 1.76. The molecule has 1 atom stereocenters. The molecule has 3 heteroatoms. The molecule has 0 aromatic heterocycles. The Hall–Kier alpha value is -1.06. The van der Waals surface area contributed by atoms with Gasteiger partial charge in [-0.05, 0) is 51.4 Å². The lowest BCUT2D eigenvalue weighted by Gasteiger charge is -2.34. The first kappa shape index (κ1) is 16.0. The van der Waals surface area contributed by atoms with Gasteiger partial charge in [-0.3, -0.25) is 0 Å². The summed E-state index contributed by atoms with van der Waals surface area (Å²) in [6, 6.07) is 8.43. The molecule has 0 aliphatic heterocycles. The van der Waals surface area contributed by atoms with E-state index in [-0.39, 0.29) is 11.6 Å². The van der Waals surface area contributed by atoms with Crippen LogP contribution in [-0.4, -0.2) is 25.9 Å². The number of rotatable bonds is 8. The van der Waals surface area contributed by atoms with E-state index in [1.54, 1.807) is 7.11 Å². The third-order valence-corrected chi connectivity index (χ3v) is 3.34. The van der Waals surface area contributed by atoms with Gasteiger partial charge in [-0.25, -0.2) is 0 Å². The van der Waals surface area contributed by atoms with Crippen molar-refractivity contribution in [1.29, 1.82) is 0 Å². The van der Waals surface area contributed by atoms with E-state index in [4.69, 9.17) is 9.47 Å². The zero-order valence-corrected chi connectivity index (χ0v) is 12.8. The number of ether oxygens (including phenoxy) is 2. The van der Waals surface area contributed by atoms with Crippen LogP contribution in [0.3, 0.4) is 0 Å². The maximum Gasteiger partial charge on any atom is 0.119 e. The van der Waals surface area contributed by atoms with Crippen LogP contribution >= 0.6 is 0 Å². The van der Waals surface area contributed by atoms with E-state index in [1.807, 2.05) is 19.1 Å². The number of hydrogen-bond acceptors (Lipinski definition) is 3. The smallest absolute Gasteiger partial charge is 0.119 e. The molecule has 0 bridgehead atoms. The molecule has 108 valence electrons. The second-order valence-corrected chi connectivity index (χ2v) is 5.20. The monoisotopic (exact) mass is 265 g/mol. The Bertz CT molecular complexity index is 360. The minimum atomic E-state index is -0.248. The average Bonchev–Trinajstić information content (AvgIpc) is 2.41. The summed E-state index contributed by atoms with van der Waals surface area (Å²) < 4.78 is 11.1. The van der Waals surface area contributed by atoms with Crippen LogP contribution in [0.2, 0.25) is 0 Å². The van der Waals surface area contributed by atoms with Crippen molar-refractivity contribution in [3.63, 3.8) is 0 Å². The molecule has 1 rings (SSSR count). The van der Waals surface area contributed by atoms with Crippen molar-refractivity contribution in [2.45, 2.75) is 45.8 Å². The second-order valence-electron chi connectivity index (χ2n) is 5.20. The molecule has 0 aliphatic carbocycles. The Labute approximate surface area is 117 Å². The molecule has 1 aromatic carbocycles. The molecule has 0 radical (unpaired) electrons. The quantitative estimate of drug-likeness (QED) is 0.779. The van der Waals surface area contributed by atoms with Gasteiger partial charge in [-0.1, -0.05) is 19.1 Å². The summed E-state index contributed by atoms with van der Waals surface area (Å²) in [5, 5.41) is 3.56. The maximum atomic E-state index is 5.64. The molecule has 1 aromatic rings. The molecule has 0 fully saturated rings. The van der Waals surface area contributed by atoms with E-state index < -0.39 is 0 Å². The molecule has 0 saturated heterocycles. The van der Waals surface area contributed by atoms with Gasteiger partial charge in [0.2, 0.25) is 0 Å². The van der Waals surface area contributed by atoms with Crippen LogP contribution < -0.4 is 10.1 Å². The normalized spacial score (nSPS) is 13.3. The van der Waals surface area contributed by atoms with Crippen LogP contribution in [-0.2, 0) is 4.74 Å². The summed E-state index contributed by atoms with van der Waals surface area (Å²) in [5.74, 6) is 0.913. The predicted octanol–water partition coefficient (Wildman–Crippen LogP) is 3.55. The highest BCUT2D eigenvalue weighted by molar-refractivity contribution is 5.30. The third kappa shape index (κ3) is 4.51. The van der Waals surface area contributed by atoms with Gasteiger partial charge in [0.25, 0.3) is 0 Å². The molecule has 0 saturated carbocycles. The molecule has 0 heterocycles. The van der Waals surface area contributed by atoms with Gasteiger partial charge >= 0.3 is 0 Å². The summed E-state index contributed by atoms with van der Waals surface area (Å²) in [4.78, 5) is 0. The summed E-state index contributed by atoms with van der Waals surface area (Å²) in [6.45, 7) is 10.0. The van der Waals surface area contributed by atoms with Crippen molar-refractivity contribution in [2.75, 3.05) is 20.3 Å². The van der Waals surface area contributed by atoms with Gasteiger partial charge in [-0.15, -0.1) is 0 Å². The summed E-state index contributed by atoms with van der Waals surface area (Å²) in [5.41, 5.74) is 0.978. The van der Waals surface area contributed by atoms with Crippen molar-refractivity contribution >= 4 is 0 Å². The van der Waals surface area contributed by atoms with Crippen LogP contribution in [0.15, 0.2) is 24.3 Å². The number of hydrogen-bond donors (Lipinski definition) is 1. The van der Waals surface area contributed by atoms with E-state index in [0.717, 1.165) is 18.7 Å². The standard InChI is InChI=1S/C16H27NO2/c1-6-12-17-15(16(3,4)18-5)13-8-10-14(11-9-13)19-7-2/h8-11,15,17H,6-7,12H2,1-5H3. The molecule has 19 heavy (non-hydrogen) atoms. The Kier molecular flexibility index (Phi) is 6.32. The molecular weight excluding hydrogens is 238 g/mol. The summed E-state index contributed by atoms with van der Waals surface area (Å²) >= 11 is 0. The lowest BCUT2D eigenvalue weighted by molar-refractivity contribution is -0.0110. The first-order valence-corrected chi connectivity index (χ1v) is 7.06.